The Morgan fingerprint density at radius 2 is 1.88 bits per heavy atom. The van der Waals surface area contributed by atoms with E-state index in [-0.39, 0.29) is 11.3 Å². The zero-order valence-corrected chi connectivity index (χ0v) is 9.81. The second kappa shape index (κ2) is 5.13. The van der Waals surface area contributed by atoms with Crippen molar-refractivity contribution in [2.75, 3.05) is 0 Å². The van der Waals surface area contributed by atoms with E-state index in [1.165, 1.54) is 0 Å². The van der Waals surface area contributed by atoms with Crippen LogP contribution < -0.4 is 0 Å². The van der Waals surface area contributed by atoms with Crippen LogP contribution >= 0.6 is 11.6 Å². The van der Waals surface area contributed by atoms with Crippen molar-refractivity contribution in [3.63, 3.8) is 0 Å². The van der Waals surface area contributed by atoms with Crippen LogP contribution in [0.25, 0.3) is 0 Å². The Morgan fingerprint density at radius 3 is 2.69 bits per heavy atom. The van der Waals surface area contributed by atoms with Gasteiger partial charge in [0.25, 0.3) is 0 Å². The number of halogens is 3. The molecule has 3 heteroatoms. The summed E-state index contributed by atoms with van der Waals surface area (Å²) in [5, 5.41) is 0.0927. The third kappa shape index (κ3) is 2.54. The van der Waals surface area contributed by atoms with Crippen molar-refractivity contribution in [1.82, 2.24) is 0 Å². The fourth-order valence-electron chi connectivity index (χ4n) is 2.42. The summed E-state index contributed by atoms with van der Waals surface area (Å²) in [6.45, 7) is 0. The van der Waals surface area contributed by atoms with E-state index in [9.17, 15) is 8.78 Å². The summed E-state index contributed by atoms with van der Waals surface area (Å²) in [4.78, 5) is 0. The van der Waals surface area contributed by atoms with Gasteiger partial charge in [0, 0.05) is 5.38 Å². The van der Waals surface area contributed by atoms with Gasteiger partial charge < -0.3 is 0 Å². The van der Waals surface area contributed by atoms with Gasteiger partial charge in [-0.2, -0.15) is 0 Å². The van der Waals surface area contributed by atoms with Crippen LogP contribution in [0.15, 0.2) is 18.2 Å². The molecule has 1 aromatic rings. The van der Waals surface area contributed by atoms with Crippen molar-refractivity contribution in [3.05, 3.63) is 35.4 Å². The van der Waals surface area contributed by atoms with Crippen molar-refractivity contribution < 1.29 is 8.78 Å². The molecule has 0 saturated heterocycles. The van der Waals surface area contributed by atoms with Crippen LogP contribution in [0.1, 0.15) is 43.6 Å². The van der Waals surface area contributed by atoms with Crippen LogP contribution in [-0.2, 0) is 0 Å². The van der Waals surface area contributed by atoms with E-state index in [0.29, 0.717) is 5.56 Å². The Balaban J connectivity index is 2.24. The van der Waals surface area contributed by atoms with Gasteiger partial charge in [-0.1, -0.05) is 25.0 Å². The van der Waals surface area contributed by atoms with E-state index < -0.39 is 11.6 Å². The Hall–Kier alpha value is -0.630. The predicted octanol–water partition coefficient (Wildman–Crippen LogP) is 4.62. The van der Waals surface area contributed by atoms with E-state index in [1.54, 1.807) is 12.1 Å². The summed E-state index contributed by atoms with van der Waals surface area (Å²) < 4.78 is 26.8. The van der Waals surface area contributed by atoms with Crippen molar-refractivity contribution in [1.29, 1.82) is 0 Å². The molecule has 1 aromatic carbocycles. The van der Waals surface area contributed by atoms with E-state index in [2.05, 4.69) is 0 Å². The maximum Gasteiger partial charge on any atom is 0.162 e. The van der Waals surface area contributed by atoms with Crippen molar-refractivity contribution in [2.24, 2.45) is 0 Å². The second-order valence-electron chi connectivity index (χ2n) is 4.46. The largest absolute Gasteiger partial charge is 0.204 e. The quantitative estimate of drug-likeness (QED) is 0.500. The van der Waals surface area contributed by atoms with Gasteiger partial charge in [0.1, 0.15) is 0 Å². The predicted molar refractivity (Wildman–Crippen MR) is 61.8 cm³/mol. The highest BCUT2D eigenvalue weighted by Gasteiger charge is 2.23. The van der Waals surface area contributed by atoms with Gasteiger partial charge in [0.15, 0.2) is 11.6 Å². The Morgan fingerprint density at radius 1 is 1.12 bits per heavy atom. The Bertz CT molecular complexity index is 365. The summed E-state index contributed by atoms with van der Waals surface area (Å²) in [6, 6.07) is 4.41. The van der Waals surface area contributed by atoms with Crippen molar-refractivity contribution in [2.45, 2.75) is 43.4 Å². The van der Waals surface area contributed by atoms with Gasteiger partial charge in [0.2, 0.25) is 0 Å². The molecule has 0 nitrogen and oxygen atoms in total. The molecular formula is C13H15ClF2. The summed E-state index contributed by atoms with van der Waals surface area (Å²) in [7, 11) is 0. The lowest BCUT2D eigenvalue weighted by Crippen LogP contribution is -2.07. The first-order chi connectivity index (χ1) is 7.68. The van der Waals surface area contributed by atoms with E-state index >= 15 is 0 Å². The molecule has 2 rings (SSSR count). The van der Waals surface area contributed by atoms with Crippen molar-refractivity contribution >= 4 is 11.6 Å². The first kappa shape index (κ1) is 11.8. The van der Waals surface area contributed by atoms with Crippen molar-refractivity contribution in [3.8, 4) is 0 Å². The zero-order valence-electron chi connectivity index (χ0n) is 9.06. The molecule has 16 heavy (non-hydrogen) atoms. The lowest BCUT2D eigenvalue weighted by molar-refractivity contribution is 0.476. The van der Waals surface area contributed by atoms with E-state index in [0.717, 1.165) is 38.2 Å². The monoisotopic (exact) mass is 244 g/mol. The van der Waals surface area contributed by atoms with Crippen LogP contribution in [0.4, 0.5) is 8.78 Å². The van der Waals surface area contributed by atoms with Crippen LogP contribution in [0, 0.1) is 11.6 Å². The normalized spacial score (nSPS) is 26.4. The van der Waals surface area contributed by atoms with Gasteiger partial charge in [-0.05, 0) is 36.8 Å². The molecule has 1 aliphatic carbocycles. The molecular weight excluding hydrogens is 230 g/mol. The third-order valence-electron chi connectivity index (χ3n) is 3.28. The molecule has 0 N–H and O–H groups in total. The maximum atomic E-state index is 13.6. The van der Waals surface area contributed by atoms with Gasteiger partial charge in [-0.15, -0.1) is 11.6 Å². The molecule has 0 bridgehead atoms. The van der Waals surface area contributed by atoms with Gasteiger partial charge in [-0.3, -0.25) is 0 Å². The highest BCUT2D eigenvalue weighted by atomic mass is 35.5. The maximum absolute atomic E-state index is 13.6. The Kier molecular flexibility index (Phi) is 3.80. The van der Waals surface area contributed by atoms with E-state index in [1.807, 2.05) is 0 Å². The molecule has 2 unspecified atom stereocenters. The molecule has 0 spiro atoms. The average Bonchev–Trinajstić information content (AvgIpc) is 2.47. The minimum Gasteiger partial charge on any atom is -0.204 e. The van der Waals surface area contributed by atoms with Gasteiger partial charge >= 0.3 is 0 Å². The number of benzene rings is 1. The van der Waals surface area contributed by atoms with Gasteiger partial charge in [-0.25, -0.2) is 8.78 Å². The highest BCUT2D eigenvalue weighted by molar-refractivity contribution is 6.20. The lowest BCUT2D eigenvalue weighted by Gasteiger charge is -2.17. The third-order valence-corrected chi connectivity index (χ3v) is 3.68. The molecule has 1 saturated carbocycles. The number of alkyl halides is 1. The molecule has 88 valence electrons. The topological polar surface area (TPSA) is 0 Å². The molecule has 0 radical (unpaired) electrons. The highest BCUT2D eigenvalue weighted by Crippen LogP contribution is 2.35. The van der Waals surface area contributed by atoms with Gasteiger partial charge in [0.05, 0.1) is 0 Å². The Labute approximate surface area is 99.6 Å². The number of rotatable bonds is 1. The summed E-state index contributed by atoms with van der Waals surface area (Å²) in [5.41, 5.74) is 0.493. The summed E-state index contributed by atoms with van der Waals surface area (Å²) in [6.07, 6.45) is 4.77. The molecule has 0 aromatic heterocycles. The van der Waals surface area contributed by atoms with Crippen LogP contribution in [0.2, 0.25) is 0 Å². The smallest absolute Gasteiger partial charge is 0.162 e. The number of hydrogen-bond donors (Lipinski definition) is 0. The second-order valence-corrected chi connectivity index (χ2v) is 5.07. The van der Waals surface area contributed by atoms with Crippen LogP contribution in [-0.4, -0.2) is 5.38 Å². The average molecular weight is 245 g/mol. The van der Waals surface area contributed by atoms with Crippen LogP contribution in [0.3, 0.4) is 0 Å². The molecule has 2 atom stereocenters. The molecule has 0 heterocycles. The fourth-order valence-corrected chi connectivity index (χ4v) is 2.79. The standard InChI is InChI=1S/C13H15ClF2/c14-10-5-2-1-4-9(8-10)11-6-3-7-12(15)13(11)16/h3,6-7,9-10H,1-2,4-5,8H2. The summed E-state index contributed by atoms with van der Waals surface area (Å²) >= 11 is 6.14. The molecule has 1 fully saturated rings. The fraction of sp³-hybridized carbons (Fsp3) is 0.538. The molecule has 1 aliphatic rings. The minimum atomic E-state index is -0.757. The first-order valence-electron chi connectivity index (χ1n) is 5.76. The van der Waals surface area contributed by atoms with Crippen LogP contribution in [0.5, 0.6) is 0 Å². The SMILES string of the molecule is Fc1cccc(C2CCCCC(Cl)C2)c1F. The lowest BCUT2D eigenvalue weighted by atomic mass is 9.91. The molecule has 0 aliphatic heterocycles. The minimum absolute atomic E-state index is 0.0701. The first-order valence-corrected chi connectivity index (χ1v) is 6.20. The summed E-state index contributed by atoms with van der Waals surface area (Å²) in [5.74, 6) is -1.38. The zero-order chi connectivity index (χ0) is 11.5. The molecule has 0 amide bonds. The van der Waals surface area contributed by atoms with E-state index in [4.69, 9.17) is 11.6 Å². The number of hydrogen-bond acceptors (Lipinski definition) is 0.